The number of nitrogens with zero attached hydrogens (tertiary/aromatic N) is 3. The highest BCUT2D eigenvalue weighted by Crippen LogP contribution is 2.26. The number of rotatable bonds is 3. The number of carbonyl (C=O) groups excluding carboxylic acids is 1. The topological polar surface area (TPSA) is 77.5 Å². The number of hydrogen-bond acceptors (Lipinski definition) is 4. The SMILES string of the molecule is Cn1c(=NC(=O)C=Cc2ccc([N+](=O)[O-])cc2)sc2ccc3ccccc3c21. The van der Waals surface area contributed by atoms with Gasteiger partial charge in [-0.2, -0.15) is 4.99 Å². The number of aromatic nitrogens is 1. The van der Waals surface area contributed by atoms with Gasteiger partial charge in [-0.15, -0.1) is 0 Å². The fourth-order valence-corrected chi connectivity index (χ4v) is 4.07. The van der Waals surface area contributed by atoms with Gasteiger partial charge in [0.2, 0.25) is 0 Å². The fourth-order valence-electron chi connectivity index (χ4n) is 3.03. The van der Waals surface area contributed by atoms with Gasteiger partial charge in [-0.25, -0.2) is 0 Å². The van der Waals surface area contributed by atoms with Gasteiger partial charge in [-0.3, -0.25) is 14.9 Å². The zero-order valence-electron chi connectivity index (χ0n) is 14.9. The molecule has 1 heterocycles. The summed E-state index contributed by atoms with van der Waals surface area (Å²) < 4.78 is 2.99. The predicted molar refractivity (Wildman–Crippen MR) is 111 cm³/mol. The number of nitro benzene ring substituents is 1. The van der Waals surface area contributed by atoms with Gasteiger partial charge in [-0.1, -0.05) is 41.7 Å². The molecular weight excluding hydrogens is 374 g/mol. The molecule has 7 heteroatoms. The number of amides is 1. The van der Waals surface area contributed by atoms with E-state index in [1.807, 2.05) is 29.8 Å². The van der Waals surface area contributed by atoms with E-state index >= 15 is 0 Å². The van der Waals surface area contributed by atoms with Crippen LogP contribution in [0.3, 0.4) is 0 Å². The lowest BCUT2D eigenvalue weighted by Crippen LogP contribution is -2.12. The minimum absolute atomic E-state index is 0.0118. The Balaban J connectivity index is 1.67. The Morgan fingerprint density at radius 3 is 2.61 bits per heavy atom. The van der Waals surface area contributed by atoms with Crippen LogP contribution in [0.25, 0.3) is 27.1 Å². The van der Waals surface area contributed by atoms with Crippen LogP contribution in [0, 0.1) is 10.1 Å². The molecule has 0 radical (unpaired) electrons. The van der Waals surface area contributed by atoms with Crippen molar-refractivity contribution in [1.82, 2.24) is 4.57 Å². The van der Waals surface area contributed by atoms with E-state index in [1.54, 1.807) is 18.2 Å². The molecule has 1 amide bonds. The number of aryl methyl sites for hydroxylation is 1. The van der Waals surface area contributed by atoms with Crippen LogP contribution in [0.15, 0.2) is 71.7 Å². The van der Waals surface area contributed by atoms with Crippen LogP contribution in [-0.4, -0.2) is 15.4 Å². The number of non-ortho nitro benzene ring substituents is 1. The van der Waals surface area contributed by atoms with Gasteiger partial charge >= 0.3 is 0 Å². The molecule has 0 aliphatic rings. The second-order valence-corrected chi connectivity index (χ2v) is 7.22. The molecule has 0 spiro atoms. The number of nitro groups is 1. The van der Waals surface area contributed by atoms with Gasteiger partial charge in [0.05, 0.1) is 15.1 Å². The molecule has 1 aromatic heterocycles. The standard InChI is InChI=1S/C21H15N3O3S/c1-23-20-17-5-3-2-4-15(17)9-12-18(20)28-21(23)22-19(25)13-8-14-6-10-16(11-7-14)24(26)27/h2-13H,1H3. The summed E-state index contributed by atoms with van der Waals surface area (Å²) in [6.07, 6.45) is 2.96. The maximum absolute atomic E-state index is 12.3. The molecule has 0 N–H and O–H groups in total. The lowest BCUT2D eigenvalue weighted by molar-refractivity contribution is -0.384. The largest absolute Gasteiger partial charge is 0.319 e. The van der Waals surface area contributed by atoms with Crippen molar-refractivity contribution in [2.24, 2.45) is 12.0 Å². The minimum Gasteiger partial charge on any atom is -0.319 e. The Morgan fingerprint density at radius 1 is 1.11 bits per heavy atom. The van der Waals surface area contributed by atoms with E-state index in [4.69, 9.17) is 0 Å². The number of benzene rings is 3. The quantitative estimate of drug-likeness (QED) is 0.295. The normalized spacial score (nSPS) is 12.2. The summed E-state index contributed by atoms with van der Waals surface area (Å²) in [5.74, 6) is -0.384. The molecular formula is C21H15N3O3S. The summed E-state index contributed by atoms with van der Waals surface area (Å²) >= 11 is 1.46. The van der Waals surface area contributed by atoms with Gasteiger partial charge in [-0.05, 0) is 35.2 Å². The summed E-state index contributed by atoms with van der Waals surface area (Å²) in [4.78, 5) is 27.3. The Kier molecular flexibility index (Phi) is 4.58. The third kappa shape index (κ3) is 3.35. The molecule has 4 aromatic rings. The fraction of sp³-hybridized carbons (Fsp3) is 0.0476. The van der Waals surface area contributed by atoms with Gasteiger partial charge < -0.3 is 4.57 Å². The molecule has 138 valence electrons. The molecule has 0 bridgehead atoms. The Bertz CT molecular complexity index is 1310. The molecule has 0 saturated heterocycles. The van der Waals surface area contributed by atoms with E-state index in [2.05, 4.69) is 23.2 Å². The highest BCUT2D eigenvalue weighted by atomic mass is 32.1. The lowest BCUT2D eigenvalue weighted by atomic mass is 10.1. The molecule has 0 unspecified atom stereocenters. The van der Waals surface area contributed by atoms with Crippen molar-refractivity contribution >= 4 is 50.0 Å². The van der Waals surface area contributed by atoms with E-state index in [-0.39, 0.29) is 11.6 Å². The lowest BCUT2D eigenvalue weighted by Gasteiger charge is -2.01. The summed E-state index contributed by atoms with van der Waals surface area (Å²) in [7, 11) is 1.90. The molecule has 6 nitrogen and oxygen atoms in total. The summed E-state index contributed by atoms with van der Waals surface area (Å²) in [5, 5.41) is 12.9. The minimum atomic E-state index is -0.459. The van der Waals surface area contributed by atoms with Crippen LogP contribution in [0.2, 0.25) is 0 Å². The number of hydrogen-bond donors (Lipinski definition) is 0. The van der Waals surface area contributed by atoms with Crippen molar-refractivity contribution in [2.45, 2.75) is 0 Å². The molecule has 3 aromatic carbocycles. The zero-order valence-corrected chi connectivity index (χ0v) is 15.7. The van der Waals surface area contributed by atoms with E-state index in [0.29, 0.717) is 10.4 Å². The molecule has 0 aliphatic heterocycles. The maximum atomic E-state index is 12.3. The average molecular weight is 389 g/mol. The maximum Gasteiger partial charge on any atom is 0.272 e. The van der Waals surface area contributed by atoms with Crippen molar-refractivity contribution in [1.29, 1.82) is 0 Å². The molecule has 0 atom stereocenters. The van der Waals surface area contributed by atoms with Gasteiger partial charge in [0.15, 0.2) is 4.80 Å². The highest BCUT2D eigenvalue weighted by Gasteiger charge is 2.08. The number of thiazole rings is 1. The molecule has 0 saturated carbocycles. The molecule has 28 heavy (non-hydrogen) atoms. The van der Waals surface area contributed by atoms with Gasteiger partial charge in [0.25, 0.3) is 11.6 Å². The van der Waals surface area contributed by atoms with E-state index in [1.165, 1.54) is 29.5 Å². The Labute approximate surface area is 163 Å². The van der Waals surface area contributed by atoms with Crippen LogP contribution in [0.1, 0.15) is 5.56 Å². The average Bonchev–Trinajstić information content (AvgIpc) is 3.02. The first-order valence-corrected chi connectivity index (χ1v) is 9.33. The first-order chi connectivity index (χ1) is 13.5. The van der Waals surface area contributed by atoms with E-state index in [0.717, 1.165) is 21.0 Å². The zero-order chi connectivity index (χ0) is 19.7. The second-order valence-electron chi connectivity index (χ2n) is 6.21. The Morgan fingerprint density at radius 2 is 1.86 bits per heavy atom. The Hall–Kier alpha value is -3.58. The van der Waals surface area contributed by atoms with E-state index < -0.39 is 4.92 Å². The third-order valence-electron chi connectivity index (χ3n) is 4.42. The van der Waals surface area contributed by atoms with Crippen LogP contribution in [-0.2, 0) is 11.8 Å². The second kappa shape index (κ2) is 7.21. The molecule has 4 rings (SSSR count). The predicted octanol–water partition coefficient (Wildman–Crippen LogP) is 4.44. The van der Waals surface area contributed by atoms with Crippen LogP contribution >= 0.6 is 11.3 Å². The monoisotopic (exact) mass is 389 g/mol. The molecule has 0 aliphatic carbocycles. The summed E-state index contributed by atoms with van der Waals surface area (Å²) in [5.41, 5.74) is 1.76. The number of carbonyl (C=O) groups is 1. The summed E-state index contributed by atoms with van der Waals surface area (Å²) in [6, 6.07) is 18.2. The van der Waals surface area contributed by atoms with Crippen molar-refractivity contribution < 1.29 is 9.72 Å². The van der Waals surface area contributed by atoms with Crippen molar-refractivity contribution in [3.05, 3.63) is 87.2 Å². The van der Waals surface area contributed by atoms with Crippen molar-refractivity contribution in [2.75, 3.05) is 0 Å². The van der Waals surface area contributed by atoms with Crippen LogP contribution in [0.4, 0.5) is 5.69 Å². The van der Waals surface area contributed by atoms with Crippen LogP contribution in [0.5, 0.6) is 0 Å². The highest BCUT2D eigenvalue weighted by molar-refractivity contribution is 7.16. The number of fused-ring (bicyclic) bond motifs is 3. The van der Waals surface area contributed by atoms with Crippen molar-refractivity contribution in [3.8, 4) is 0 Å². The summed E-state index contributed by atoms with van der Waals surface area (Å²) in [6.45, 7) is 0. The van der Waals surface area contributed by atoms with Crippen LogP contribution < -0.4 is 4.80 Å². The van der Waals surface area contributed by atoms with Gasteiger partial charge in [0, 0.05) is 30.6 Å². The molecule has 0 fully saturated rings. The third-order valence-corrected chi connectivity index (χ3v) is 5.51. The van der Waals surface area contributed by atoms with Gasteiger partial charge in [0.1, 0.15) is 0 Å². The first kappa shape index (κ1) is 17.8. The first-order valence-electron chi connectivity index (χ1n) is 8.51. The van der Waals surface area contributed by atoms with Crippen molar-refractivity contribution in [3.63, 3.8) is 0 Å². The smallest absolute Gasteiger partial charge is 0.272 e. The van der Waals surface area contributed by atoms with E-state index in [9.17, 15) is 14.9 Å².